The van der Waals surface area contributed by atoms with Crippen LogP contribution in [0.3, 0.4) is 0 Å². The molecule has 1 aliphatic rings. The number of rotatable bonds is 5. The van der Waals surface area contributed by atoms with Crippen LogP contribution < -0.4 is 5.32 Å². The predicted molar refractivity (Wildman–Crippen MR) is 73.5 cm³/mol. The highest BCUT2D eigenvalue weighted by atomic mass is 79.9. The van der Waals surface area contributed by atoms with Crippen molar-refractivity contribution in [2.75, 3.05) is 13.7 Å². The summed E-state index contributed by atoms with van der Waals surface area (Å²) in [5.41, 5.74) is 0. The van der Waals surface area contributed by atoms with Gasteiger partial charge in [0.05, 0.1) is 17.9 Å². The molecule has 1 aliphatic carbocycles. The number of nitrogens with one attached hydrogen (secondary N) is 1. The highest BCUT2D eigenvalue weighted by molar-refractivity contribution is 9.10. The van der Waals surface area contributed by atoms with Gasteiger partial charge in [-0.15, -0.1) is 0 Å². The number of ether oxygens (including phenoxy) is 1. The van der Waals surface area contributed by atoms with E-state index in [9.17, 15) is 9.59 Å². The van der Waals surface area contributed by atoms with Crippen LogP contribution in [0.1, 0.15) is 39.0 Å². The summed E-state index contributed by atoms with van der Waals surface area (Å²) in [6.07, 6.45) is 4.81. The lowest BCUT2D eigenvalue weighted by atomic mass is 9.79. The normalized spacial score (nSPS) is 25.3. The zero-order valence-corrected chi connectivity index (χ0v) is 12.7. The molecule has 18 heavy (non-hydrogen) atoms. The molecular weight excluding hydrogens is 298 g/mol. The molecule has 4 nitrogen and oxygen atoms in total. The van der Waals surface area contributed by atoms with Gasteiger partial charge in [-0.3, -0.25) is 9.59 Å². The molecule has 5 heteroatoms. The molecule has 1 fully saturated rings. The first kappa shape index (κ1) is 15.5. The lowest BCUT2D eigenvalue weighted by Gasteiger charge is -2.29. The summed E-state index contributed by atoms with van der Waals surface area (Å²) in [7, 11) is 1.43. The van der Waals surface area contributed by atoms with Gasteiger partial charge in [0, 0.05) is 6.54 Å². The maximum atomic E-state index is 11.7. The van der Waals surface area contributed by atoms with Crippen molar-refractivity contribution < 1.29 is 14.3 Å². The van der Waals surface area contributed by atoms with E-state index in [4.69, 9.17) is 4.74 Å². The summed E-state index contributed by atoms with van der Waals surface area (Å²) in [4.78, 5) is 23.2. The van der Waals surface area contributed by atoms with Crippen LogP contribution in [-0.4, -0.2) is 30.4 Å². The van der Waals surface area contributed by atoms with Crippen molar-refractivity contribution in [1.29, 1.82) is 0 Å². The van der Waals surface area contributed by atoms with Crippen molar-refractivity contribution in [3.63, 3.8) is 0 Å². The molecule has 0 saturated heterocycles. The van der Waals surface area contributed by atoms with Gasteiger partial charge in [-0.25, -0.2) is 0 Å². The number of carbonyl (C=O) groups is 2. The van der Waals surface area contributed by atoms with E-state index in [2.05, 4.69) is 21.2 Å². The SMILES string of the molecule is CCC(Br)C(=O)NCC1CCCCC1C(=O)OC. The Labute approximate surface area is 117 Å². The Morgan fingerprint density at radius 3 is 2.67 bits per heavy atom. The van der Waals surface area contributed by atoms with Crippen LogP contribution in [0.15, 0.2) is 0 Å². The quantitative estimate of drug-likeness (QED) is 0.624. The van der Waals surface area contributed by atoms with Crippen molar-refractivity contribution in [3.8, 4) is 0 Å². The third-order valence-corrected chi connectivity index (χ3v) is 4.66. The first-order valence-corrected chi connectivity index (χ1v) is 7.51. The van der Waals surface area contributed by atoms with Gasteiger partial charge in [-0.1, -0.05) is 35.7 Å². The maximum absolute atomic E-state index is 11.7. The zero-order valence-electron chi connectivity index (χ0n) is 11.1. The van der Waals surface area contributed by atoms with Gasteiger partial charge in [0.25, 0.3) is 0 Å². The average Bonchev–Trinajstić information content (AvgIpc) is 2.43. The minimum absolute atomic E-state index is 0.00619. The monoisotopic (exact) mass is 319 g/mol. The number of hydrogen-bond donors (Lipinski definition) is 1. The Hall–Kier alpha value is -0.580. The van der Waals surface area contributed by atoms with Gasteiger partial charge >= 0.3 is 5.97 Å². The van der Waals surface area contributed by atoms with Crippen molar-refractivity contribution in [2.24, 2.45) is 11.8 Å². The van der Waals surface area contributed by atoms with E-state index in [1.165, 1.54) is 7.11 Å². The molecule has 0 bridgehead atoms. The van der Waals surface area contributed by atoms with E-state index in [-0.39, 0.29) is 28.5 Å². The summed E-state index contributed by atoms with van der Waals surface area (Å²) in [5, 5.41) is 2.92. The minimum Gasteiger partial charge on any atom is -0.469 e. The van der Waals surface area contributed by atoms with Gasteiger partial charge in [0.15, 0.2) is 0 Å². The Kier molecular flexibility index (Phi) is 6.68. The third kappa shape index (κ3) is 4.26. The van der Waals surface area contributed by atoms with Crippen LogP contribution in [0, 0.1) is 11.8 Å². The lowest BCUT2D eigenvalue weighted by molar-refractivity contribution is -0.148. The summed E-state index contributed by atoms with van der Waals surface area (Å²) in [6, 6.07) is 0. The Morgan fingerprint density at radius 2 is 2.06 bits per heavy atom. The first-order valence-electron chi connectivity index (χ1n) is 6.59. The Balaban J connectivity index is 2.47. The van der Waals surface area contributed by atoms with E-state index in [0.717, 1.165) is 32.1 Å². The predicted octanol–water partition coefficient (Wildman–Crippen LogP) is 2.26. The van der Waals surface area contributed by atoms with Gasteiger partial charge < -0.3 is 10.1 Å². The molecule has 0 spiro atoms. The standard InChI is InChI=1S/C13H22BrNO3/c1-3-11(14)12(16)15-8-9-6-4-5-7-10(9)13(17)18-2/h9-11H,3-8H2,1-2H3,(H,15,16). The second-order valence-corrected chi connectivity index (χ2v) is 5.90. The van der Waals surface area contributed by atoms with Crippen LogP contribution in [0.5, 0.6) is 0 Å². The molecule has 0 radical (unpaired) electrons. The lowest BCUT2D eigenvalue weighted by Crippen LogP contribution is -2.40. The second kappa shape index (κ2) is 7.77. The van der Waals surface area contributed by atoms with Gasteiger partial charge in [-0.2, -0.15) is 0 Å². The summed E-state index contributed by atoms with van der Waals surface area (Å²) >= 11 is 3.32. The number of halogens is 1. The van der Waals surface area contributed by atoms with Crippen molar-refractivity contribution in [2.45, 2.75) is 43.9 Å². The molecule has 1 rings (SSSR count). The number of hydrogen-bond acceptors (Lipinski definition) is 3. The molecule has 1 amide bonds. The second-order valence-electron chi connectivity index (χ2n) is 4.80. The van der Waals surface area contributed by atoms with Crippen LogP contribution in [0.25, 0.3) is 0 Å². The van der Waals surface area contributed by atoms with Crippen LogP contribution in [-0.2, 0) is 14.3 Å². The summed E-state index contributed by atoms with van der Waals surface area (Å²) < 4.78 is 4.83. The van der Waals surface area contributed by atoms with Gasteiger partial charge in [-0.05, 0) is 25.2 Å². The number of methoxy groups -OCH3 is 1. The van der Waals surface area contributed by atoms with Crippen molar-refractivity contribution in [3.05, 3.63) is 0 Å². The maximum Gasteiger partial charge on any atom is 0.309 e. The fourth-order valence-electron chi connectivity index (χ4n) is 2.44. The average molecular weight is 320 g/mol. The largest absolute Gasteiger partial charge is 0.469 e. The van der Waals surface area contributed by atoms with Crippen molar-refractivity contribution in [1.82, 2.24) is 5.32 Å². The number of alkyl halides is 1. The Morgan fingerprint density at radius 1 is 1.39 bits per heavy atom. The fourth-order valence-corrected chi connectivity index (χ4v) is 2.60. The molecule has 1 saturated carbocycles. The Bertz CT molecular complexity index is 296. The molecule has 0 aromatic carbocycles. The molecule has 104 valence electrons. The molecule has 3 unspecified atom stereocenters. The zero-order chi connectivity index (χ0) is 13.5. The molecular formula is C13H22BrNO3. The van der Waals surface area contributed by atoms with E-state index in [1.807, 2.05) is 6.92 Å². The molecule has 1 N–H and O–H groups in total. The topological polar surface area (TPSA) is 55.4 Å². The minimum atomic E-state index is -0.141. The van der Waals surface area contributed by atoms with E-state index < -0.39 is 0 Å². The summed E-state index contributed by atoms with van der Waals surface area (Å²) in [5.74, 6) is 0.0256. The molecule has 0 heterocycles. The van der Waals surface area contributed by atoms with Crippen molar-refractivity contribution >= 4 is 27.8 Å². The number of amides is 1. The van der Waals surface area contributed by atoms with Crippen LogP contribution in [0.4, 0.5) is 0 Å². The molecule has 0 aliphatic heterocycles. The fraction of sp³-hybridized carbons (Fsp3) is 0.846. The van der Waals surface area contributed by atoms with Crippen LogP contribution >= 0.6 is 15.9 Å². The van der Waals surface area contributed by atoms with Gasteiger partial charge in [0.1, 0.15) is 0 Å². The number of carbonyl (C=O) groups excluding carboxylic acids is 2. The van der Waals surface area contributed by atoms with E-state index in [1.54, 1.807) is 0 Å². The molecule has 0 aromatic rings. The molecule has 0 aromatic heterocycles. The highest BCUT2D eigenvalue weighted by Gasteiger charge is 2.32. The van der Waals surface area contributed by atoms with Crippen LogP contribution in [0.2, 0.25) is 0 Å². The number of esters is 1. The highest BCUT2D eigenvalue weighted by Crippen LogP contribution is 2.30. The third-order valence-electron chi connectivity index (χ3n) is 3.59. The first-order chi connectivity index (χ1) is 8.60. The van der Waals surface area contributed by atoms with E-state index in [0.29, 0.717) is 6.54 Å². The van der Waals surface area contributed by atoms with Gasteiger partial charge in [0.2, 0.25) is 5.91 Å². The molecule has 3 atom stereocenters. The summed E-state index contributed by atoms with van der Waals surface area (Å²) in [6.45, 7) is 2.53. The smallest absolute Gasteiger partial charge is 0.309 e. The van der Waals surface area contributed by atoms with E-state index >= 15 is 0 Å².